The van der Waals surface area contributed by atoms with Crippen LogP contribution in [0.1, 0.15) is 11.1 Å². The van der Waals surface area contributed by atoms with Crippen molar-refractivity contribution in [2.75, 3.05) is 0 Å². The maximum absolute atomic E-state index is 6.08. The Labute approximate surface area is 87.3 Å². The molecule has 0 amide bonds. The van der Waals surface area contributed by atoms with Crippen molar-refractivity contribution in [3.8, 4) is 0 Å². The predicted molar refractivity (Wildman–Crippen MR) is 58.9 cm³/mol. The SMILES string of the molecule is NNC1=NC=Cc2cccc(Cl)c2C1. The number of benzene rings is 1. The molecule has 14 heavy (non-hydrogen) atoms. The molecular formula is C10H10ClN3. The first-order valence-electron chi connectivity index (χ1n) is 4.28. The fourth-order valence-electron chi connectivity index (χ4n) is 1.43. The predicted octanol–water partition coefficient (Wildman–Crippen LogP) is 1.73. The third-order valence-corrected chi connectivity index (χ3v) is 2.50. The lowest BCUT2D eigenvalue weighted by Gasteiger charge is -2.07. The van der Waals surface area contributed by atoms with E-state index in [0.717, 1.165) is 16.1 Å². The Morgan fingerprint density at radius 1 is 1.43 bits per heavy atom. The molecule has 0 radical (unpaired) electrons. The highest BCUT2D eigenvalue weighted by Crippen LogP contribution is 2.23. The number of fused-ring (bicyclic) bond motifs is 1. The van der Waals surface area contributed by atoms with Crippen molar-refractivity contribution >= 4 is 23.5 Å². The van der Waals surface area contributed by atoms with Crippen LogP contribution in [0.15, 0.2) is 29.4 Å². The van der Waals surface area contributed by atoms with Crippen LogP contribution in [0.5, 0.6) is 0 Å². The Morgan fingerprint density at radius 2 is 2.29 bits per heavy atom. The third kappa shape index (κ3) is 1.64. The van der Waals surface area contributed by atoms with Crippen LogP contribution in [0.4, 0.5) is 0 Å². The molecule has 0 saturated heterocycles. The molecule has 0 saturated carbocycles. The first kappa shape index (κ1) is 9.24. The van der Waals surface area contributed by atoms with E-state index in [1.807, 2.05) is 24.3 Å². The number of nitrogens with two attached hydrogens (primary N) is 1. The molecule has 2 rings (SSSR count). The van der Waals surface area contributed by atoms with Crippen LogP contribution >= 0.6 is 11.6 Å². The number of nitrogens with zero attached hydrogens (tertiary/aromatic N) is 1. The highest BCUT2D eigenvalue weighted by molar-refractivity contribution is 6.31. The van der Waals surface area contributed by atoms with E-state index in [-0.39, 0.29) is 0 Å². The Morgan fingerprint density at radius 3 is 3.07 bits per heavy atom. The zero-order valence-corrected chi connectivity index (χ0v) is 8.25. The van der Waals surface area contributed by atoms with E-state index in [4.69, 9.17) is 17.4 Å². The summed E-state index contributed by atoms with van der Waals surface area (Å²) in [5.41, 5.74) is 4.70. The average molecular weight is 208 g/mol. The summed E-state index contributed by atoms with van der Waals surface area (Å²) >= 11 is 6.08. The summed E-state index contributed by atoms with van der Waals surface area (Å²) in [6.45, 7) is 0. The minimum atomic E-state index is 0.637. The van der Waals surface area contributed by atoms with E-state index >= 15 is 0 Å². The van der Waals surface area contributed by atoms with Gasteiger partial charge >= 0.3 is 0 Å². The van der Waals surface area contributed by atoms with Gasteiger partial charge in [-0.3, -0.25) is 0 Å². The average Bonchev–Trinajstić information content (AvgIpc) is 2.40. The van der Waals surface area contributed by atoms with E-state index < -0.39 is 0 Å². The molecule has 1 heterocycles. The molecule has 3 N–H and O–H groups in total. The normalized spacial score (nSPS) is 14.3. The number of amidine groups is 1. The number of hydrazine groups is 1. The molecule has 0 atom stereocenters. The molecule has 1 aromatic rings. The molecule has 1 aliphatic rings. The van der Waals surface area contributed by atoms with Gasteiger partial charge < -0.3 is 5.43 Å². The van der Waals surface area contributed by atoms with Crippen LogP contribution in [0.2, 0.25) is 5.02 Å². The molecule has 1 aliphatic heterocycles. The van der Waals surface area contributed by atoms with Crippen molar-refractivity contribution in [2.24, 2.45) is 10.8 Å². The molecule has 0 fully saturated rings. The van der Waals surface area contributed by atoms with Gasteiger partial charge in [-0.2, -0.15) is 0 Å². The summed E-state index contributed by atoms with van der Waals surface area (Å²) in [6.07, 6.45) is 4.28. The van der Waals surface area contributed by atoms with Crippen LogP contribution < -0.4 is 11.3 Å². The molecular weight excluding hydrogens is 198 g/mol. The zero-order valence-electron chi connectivity index (χ0n) is 7.50. The van der Waals surface area contributed by atoms with Gasteiger partial charge in [-0.1, -0.05) is 23.7 Å². The van der Waals surface area contributed by atoms with Gasteiger partial charge in [-0.15, -0.1) is 0 Å². The molecule has 3 nitrogen and oxygen atoms in total. The van der Waals surface area contributed by atoms with Crippen molar-refractivity contribution in [1.29, 1.82) is 0 Å². The molecule has 0 aliphatic carbocycles. The second-order valence-electron chi connectivity index (χ2n) is 3.02. The first-order valence-corrected chi connectivity index (χ1v) is 4.66. The van der Waals surface area contributed by atoms with Crippen molar-refractivity contribution in [3.05, 3.63) is 40.5 Å². The minimum Gasteiger partial charge on any atom is -0.312 e. The van der Waals surface area contributed by atoms with E-state index in [2.05, 4.69) is 10.4 Å². The zero-order chi connectivity index (χ0) is 9.97. The maximum atomic E-state index is 6.08. The molecule has 1 aromatic carbocycles. The Balaban J connectivity index is 2.48. The topological polar surface area (TPSA) is 50.4 Å². The molecule has 0 unspecified atom stereocenters. The molecule has 0 bridgehead atoms. The number of nitrogens with one attached hydrogen (secondary N) is 1. The van der Waals surface area contributed by atoms with E-state index in [1.165, 1.54) is 0 Å². The minimum absolute atomic E-state index is 0.637. The van der Waals surface area contributed by atoms with Crippen molar-refractivity contribution < 1.29 is 0 Å². The van der Waals surface area contributed by atoms with Crippen molar-refractivity contribution in [1.82, 2.24) is 5.43 Å². The van der Waals surface area contributed by atoms with E-state index in [1.54, 1.807) is 6.20 Å². The molecule has 4 heteroatoms. The second kappa shape index (κ2) is 3.82. The van der Waals surface area contributed by atoms with Crippen LogP contribution in [-0.2, 0) is 6.42 Å². The Hall–Kier alpha value is -1.32. The molecule has 72 valence electrons. The number of hydrogen-bond donors (Lipinski definition) is 2. The quantitative estimate of drug-likeness (QED) is 0.503. The number of rotatable bonds is 0. The summed E-state index contributed by atoms with van der Waals surface area (Å²) < 4.78 is 0. The van der Waals surface area contributed by atoms with Crippen molar-refractivity contribution in [2.45, 2.75) is 6.42 Å². The molecule has 0 aromatic heterocycles. The third-order valence-electron chi connectivity index (χ3n) is 2.15. The summed E-state index contributed by atoms with van der Waals surface area (Å²) in [6, 6.07) is 5.80. The van der Waals surface area contributed by atoms with Gasteiger partial charge in [0.15, 0.2) is 0 Å². The highest BCUT2D eigenvalue weighted by atomic mass is 35.5. The fraction of sp³-hybridized carbons (Fsp3) is 0.100. The number of halogens is 1. The lowest BCUT2D eigenvalue weighted by atomic mass is 10.0. The monoisotopic (exact) mass is 207 g/mol. The largest absolute Gasteiger partial charge is 0.312 e. The van der Waals surface area contributed by atoms with Gasteiger partial charge in [0.05, 0.1) is 0 Å². The van der Waals surface area contributed by atoms with Gasteiger partial charge in [0.1, 0.15) is 5.84 Å². The van der Waals surface area contributed by atoms with Crippen LogP contribution in [0.25, 0.3) is 6.08 Å². The maximum Gasteiger partial charge on any atom is 0.120 e. The number of hydrogen-bond acceptors (Lipinski definition) is 3. The lowest BCUT2D eigenvalue weighted by Crippen LogP contribution is -2.31. The summed E-state index contributed by atoms with van der Waals surface area (Å²) in [4.78, 5) is 4.14. The smallest absolute Gasteiger partial charge is 0.120 e. The van der Waals surface area contributed by atoms with Crippen LogP contribution in [-0.4, -0.2) is 5.84 Å². The summed E-state index contributed by atoms with van der Waals surface area (Å²) in [5.74, 6) is 6.04. The van der Waals surface area contributed by atoms with Gasteiger partial charge in [0, 0.05) is 17.6 Å². The van der Waals surface area contributed by atoms with Gasteiger partial charge in [0.2, 0.25) is 0 Å². The fourth-order valence-corrected chi connectivity index (χ4v) is 1.68. The van der Waals surface area contributed by atoms with E-state index in [9.17, 15) is 0 Å². The van der Waals surface area contributed by atoms with Crippen LogP contribution in [0, 0.1) is 0 Å². The number of aliphatic imine (C=N–C) groups is 1. The lowest BCUT2D eigenvalue weighted by molar-refractivity contribution is 0.989. The van der Waals surface area contributed by atoms with Gasteiger partial charge in [0.25, 0.3) is 0 Å². The van der Waals surface area contributed by atoms with Crippen LogP contribution in [0.3, 0.4) is 0 Å². The standard InChI is InChI=1S/C10H10ClN3/c11-9-3-1-2-7-4-5-13-10(14-12)6-8(7)9/h1-5H,6,12H2,(H,13,14). The summed E-state index contributed by atoms with van der Waals surface area (Å²) in [5, 5.41) is 0.747. The van der Waals surface area contributed by atoms with Crippen molar-refractivity contribution in [3.63, 3.8) is 0 Å². The highest BCUT2D eigenvalue weighted by Gasteiger charge is 2.09. The van der Waals surface area contributed by atoms with E-state index in [0.29, 0.717) is 12.3 Å². The molecule has 0 spiro atoms. The summed E-state index contributed by atoms with van der Waals surface area (Å²) in [7, 11) is 0. The Bertz CT molecular complexity index is 410. The van der Waals surface area contributed by atoms with Gasteiger partial charge in [-0.25, -0.2) is 10.8 Å². The first-order chi connectivity index (χ1) is 6.81. The Kier molecular flexibility index (Phi) is 2.52. The van der Waals surface area contributed by atoms with Gasteiger partial charge in [-0.05, 0) is 23.3 Å². The second-order valence-corrected chi connectivity index (χ2v) is 3.43.